The Morgan fingerprint density at radius 1 is 1.43 bits per heavy atom. The Morgan fingerprint density at radius 2 is 2.26 bits per heavy atom. The number of aromatic nitrogens is 3. The Labute approximate surface area is 132 Å². The van der Waals surface area contributed by atoms with E-state index in [0.29, 0.717) is 18.8 Å². The second kappa shape index (κ2) is 6.07. The van der Waals surface area contributed by atoms with Crippen molar-refractivity contribution >= 4 is 23.4 Å². The molecule has 0 bridgehead atoms. The van der Waals surface area contributed by atoms with Crippen LogP contribution < -0.4 is 10.2 Å². The number of hydrogen-bond donors (Lipinski definition) is 2. The van der Waals surface area contributed by atoms with Gasteiger partial charge in [0.25, 0.3) is 0 Å². The predicted octanol–water partition coefficient (Wildman–Crippen LogP) is 1.12. The highest BCUT2D eigenvalue weighted by molar-refractivity contribution is 5.99. The molecule has 2 aromatic heterocycles. The molecule has 2 N–H and O–H groups in total. The first-order chi connectivity index (χ1) is 11.0. The number of nitrogens with one attached hydrogen (secondary N) is 1. The van der Waals surface area contributed by atoms with Crippen LogP contribution in [0.3, 0.4) is 0 Å². The van der Waals surface area contributed by atoms with Gasteiger partial charge in [0.1, 0.15) is 11.9 Å². The van der Waals surface area contributed by atoms with E-state index in [0.717, 1.165) is 12.1 Å². The summed E-state index contributed by atoms with van der Waals surface area (Å²) in [6.07, 6.45) is 4.97. The highest BCUT2D eigenvalue weighted by atomic mass is 16.4. The molecule has 8 nitrogen and oxygen atoms in total. The van der Waals surface area contributed by atoms with Crippen molar-refractivity contribution in [2.75, 3.05) is 16.8 Å². The molecule has 120 valence electrons. The second-order valence-corrected chi connectivity index (χ2v) is 5.41. The van der Waals surface area contributed by atoms with E-state index in [9.17, 15) is 9.59 Å². The molecule has 1 saturated heterocycles. The van der Waals surface area contributed by atoms with Crippen molar-refractivity contribution in [3.63, 3.8) is 0 Å². The van der Waals surface area contributed by atoms with Crippen LogP contribution in [0.1, 0.15) is 23.3 Å². The molecule has 0 aliphatic carbocycles. The molecule has 8 heteroatoms. The molecule has 1 aliphatic heterocycles. The van der Waals surface area contributed by atoms with E-state index < -0.39 is 12.0 Å². The van der Waals surface area contributed by atoms with Crippen LogP contribution in [0.25, 0.3) is 0 Å². The number of rotatable bonds is 4. The van der Waals surface area contributed by atoms with Crippen LogP contribution in [0.4, 0.5) is 11.5 Å². The Bertz CT molecular complexity index is 742. The van der Waals surface area contributed by atoms with Gasteiger partial charge >= 0.3 is 5.97 Å². The zero-order valence-corrected chi connectivity index (χ0v) is 12.6. The minimum atomic E-state index is -1.10. The van der Waals surface area contributed by atoms with E-state index in [4.69, 9.17) is 5.11 Å². The summed E-state index contributed by atoms with van der Waals surface area (Å²) in [5, 5.41) is 16.1. The maximum absolute atomic E-state index is 12.6. The third-order valence-corrected chi connectivity index (χ3v) is 3.73. The van der Waals surface area contributed by atoms with Gasteiger partial charge in [-0.1, -0.05) is 6.07 Å². The van der Waals surface area contributed by atoms with Gasteiger partial charge in [0.05, 0.1) is 11.9 Å². The fourth-order valence-corrected chi connectivity index (χ4v) is 2.63. The molecule has 23 heavy (non-hydrogen) atoms. The molecule has 1 unspecified atom stereocenters. The zero-order chi connectivity index (χ0) is 16.4. The van der Waals surface area contributed by atoms with Crippen LogP contribution in [-0.4, -0.2) is 44.3 Å². The maximum Gasteiger partial charge on any atom is 0.354 e. The third-order valence-electron chi connectivity index (χ3n) is 3.73. The molecule has 0 spiro atoms. The molecule has 3 heterocycles. The standard InChI is InChI=1S/C15H17N5O3/c1-19-9-10(8-16-19)20-7-3-5-11(14(20)21)17-13-6-2-4-12(18-13)15(22)23/h2,4,6,8-9,11H,3,5,7H2,1H3,(H,17,18)(H,22,23). The Morgan fingerprint density at radius 3 is 2.96 bits per heavy atom. The lowest BCUT2D eigenvalue weighted by Crippen LogP contribution is -2.47. The van der Waals surface area contributed by atoms with Crippen LogP contribution in [-0.2, 0) is 11.8 Å². The fourth-order valence-electron chi connectivity index (χ4n) is 2.63. The number of aryl methyl sites for hydroxylation is 1. The van der Waals surface area contributed by atoms with Gasteiger partial charge in [-0.05, 0) is 25.0 Å². The number of anilines is 2. The smallest absolute Gasteiger partial charge is 0.354 e. The average molecular weight is 315 g/mol. The van der Waals surface area contributed by atoms with E-state index in [-0.39, 0.29) is 11.6 Å². The zero-order valence-electron chi connectivity index (χ0n) is 12.6. The highest BCUT2D eigenvalue weighted by Crippen LogP contribution is 2.22. The molecule has 1 aliphatic rings. The Kier molecular flexibility index (Phi) is 3.96. The summed E-state index contributed by atoms with van der Waals surface area (Å²) in [7, 11) is 1.80. The number of carbonyl (C=O) groups excluding carboxylic acids is 1. The number of carbonyl (C=O) groups is 2. The number of piperidine rings is 1. The van der Waals surface area contributed by atoms with Crippen LogP contribution in [0.15, 0.2) is 30.6 Å². The van der Waals surface area contributed by atoms with E-state index in [2.05, 4.69) is 15.4 Å². The monoisotopic (exact) mass is 315 g/mol. The lowest BCUT2D eigenvalue weighted by Gasteiger charge is -2.32. The molecular formula is C15H17N5O3. The van der Waals surface area contributed by atoms with Gasteiger partial charge in [0.15, 0.2) is 5.69 Å². The number of hydrogen-bond acceptors (Lipinski definition) is 5. The van der Waals surface area contributed by atoms with Gasteiger partial charge in [0.2, 0.25) is 5.91 Å². The number of nitrogens with zero attached hydrogens (tertiary/aromatic N) is 4. The van der Waals surface area contributed by atoms with Crippen LogP contribution in [0.5, 0.6) is 0 Å². The van der Waals surface area contributed by atoms with Gasteiger partial charge in [-0.2, -0.15) is 5.10 Å². The van der Waals surface area contributed by atoms with Crippen LogP contribution >= 0.6 is 0 Å². The quantitative estimate of drug-likeness (QED) is 0.877. The van der Waals surface area contributed by atoms with Crippen molar-refractivity contribution in [1.29, 1.82) is 0 Å². The van der Waals surface area contributed by atoms with Gasteiger partial charge in [-0.3, -0.25) is 9.48 Å². The summed E-state index contributed by atoms with van der Waals surface area (Å²) in [6.45, 7) is 0.644. The molecule has 0 radical (unpaired) electrons. The summed E-state index contributed by atoms with van der Waals surface area (Å²) in [6, 6.07) is 4.24. The number of carboxylic acid groups (broad SMARTS) is 1. The minimum Gasteiger partial charge on any atom is -0.477 e. The lowest BCUT2D eigenvalue weighted by molar-refractivity contribution is -0.120. The predicted molar refractivity (Wildman–Crippen MR) is 83.4 cm³/mol. The fraction of sp³-hybridized carbons (Fsp3) is 0.333. The first kappa shape index (κ1) is 15.0. The summed E-state index contributed by atoms with van der Waals surface area (Å²) in [5.74, 6) is -0.774. The lowest BCUT2D eigenvalue weighted by atomic mass is 10.0. The van der Waals surface area contributed by atoms with Gasteiger partial charge in [-0.15, -0.1) is 0 Å². The summed E-state index contributed by atoms with van der Waals surface area (Å²) < 4.78 is 1.65. The van der Waals surface area contributed by atoms with Crippen molar-refractivity contribution < 1.29 is 14.7 Å². The van der Waals surface area contributed by atoms with Crippen molar-refractivity contribution in [2.24, 2.45) is 7.05 Å². The number of carboxylic acids is 1. The SMILES string of the molecule is Cn1cc(N2CCCC(Nc3cccc(C(=O)O)n3)C2=O)cn1. The molecule has 1 amide bonds. The Hall–Kier alpha value is -2.90. The third kappa shape index (κ3) is 3.15. The average Bonchev–Trinajstić information content (AvgIpc) is 2.96. The van der Waals surface area contributed by atoms with E-state index in [1.165, 1.54) is 6.07 Å². The Balaban J connectivity index is 1.76. The second-order valence-electron chi connectivity index (χ2n) is 5.41. The minimum absolute atomic E-state index is 0.0534. The van der Waals surface area contributed by atoms with Crippen LogP contribution in [0.2, 0.25) is 0 Å². The van der Waals surface area contributed by atoms with E-state index in [1.807, 2.05) is 0 Å². The number of amides is 1. The molecular weight excluding hydrogens is 298 g/mol. The molecule has 2 aromatic rings. The van der Waals surface area contributed by atoms with Crippen molar-refractivity contribution in [3.8, 4) is 0 Å². The van der Waals surface area contributed by atoms with E-state index >= 15 is 0 Å². The summed E-state index contributed by atoms with van der Waals surface area (Å²) in [5.41, 5.74) is 0.707. The summed E-state index contributed by atoms with van der Waals surface area (Å²) in [4.78, 5) is 29.3. The molecule has 3 rings (SSSR count). The van der Waals surface area contributed by atoms with Crippen molar-refractivity contribution in [2.45, 2.75) is 18.9 Å². The van der Waals surface area contributed by atoms with Gasteiger partial charge in [0, 0.05) is 19.8 Å². The number of aromatic carboxylic acids is 1. The van der Waals surface area contributed by atoms with Gasteiger partial charge < -0.3 is 15.3 Å². The molecule has 1 fully saturated rings. The van der Waals surface area contributed by atoms with Crippen LogP contribution in [0, 0.1) is 0 Å². The first-order valence-corrected chi connectivity index (χ1v) is 7.31. The van der Waals surface area contributed by atoms with Crippen molar-refractivity contribution in [3.05, 3.63) is 36.3 Å². The number of pyridine rings is 1. The maximum atomic E-state index is 12.6. The normalized spacial score (nSPS) is 18.0. The molecule has 0 saturated carbocycles. The summed E-state index contributed by atoms with van der Waals surface area (Å²) >= 11 is 0. The first-order valence-electron chi connectivity index (χ1n) is 7.31. The largest absolute Gasteiger partial charge is 0.477 e. The molecule has 0 aromatic carbocycles. The van der Waals surface area contributed by atoms with Gasteiger partial charge in [-0.25, -0.2) is 9.78 Å². The highest BCUT2D eigenvalue weighted by Gasteiger charge is 2.30. The van der Waals surface area contributed by atoms with E-state index in [1.54, 1.807) is 41.2 Å². The van der Waals surface area contributed by atoms with Crippen molar-refractivity contribution in [1.82, 2.24) is 14.8 Å². The molecule has 1 atom stereocenters. The topological polar surface area (TPSA) is 100 Å².